The Kier molecular flexibility index (Phi) is 8.59. The van der Waals surface area contributed by atoms with Gasteiger partial charge >= 0.3 is 12.1 Å². The Morgan fingerprint density at radius 1 is 1.03 bits per heavy atom. The maximum atomic E-state index is 12.6. The van der Waals surface area contributed by atoms with Crippen LogP contribution in [-0.4, -0.2) is 57.0 Å². The minimum Gasteiger partial charge on any atom is -0.456 e. The van der Waals surface area contributed by atoms with Crippen LogP contribution in [0.1, 0.15) is 38.2 Å². The van der Waals surface area contributed by atoms with Gasteiger partial charge in [-0.3, -0.25) is 14.9 Å². The molecular weight excluding hydrogens is 400 g/mol. The van der Waals surface area contributed by atoms with Crippen molar-refractivity contribution >= 4 is 28.0 Å². The highest BCUT2D eigenvalue weighted by Gasteiger charge is 2.25. The molecule has 0 aliphatic carbocycles. The number of hydrogen-bond donors (Lipinski definition) is 1. The van der Waals surface area contributed by atoms with E-state index in [1.807, 2.05) is 5.32 Å². The van der Waals surface area contributed by atoms with E-state index in [0.717, 1.165) is 24.8 Å². The molecule has 1 aliphatic heterocycles. The molecule has 0 atom stereocenters. The van der Waals surface area contributed by atoms with Gasteiger partial charge in [-0.15, -0.1) is 0 Å². The molecule has 1 aromatic carbocycles. The van der Waals surface area contributed by atoms with Crippen molar-refractivity contribution in [2.45, 2.75) is 43.9 Å². The molecule has 2 rings (SSSR count). The molecule has 0 radical (unpaired) electrons. The van der Waals surface area contributed by atoms with Crippen molar-refractivity contribution < 1.29 is 32.3 Å². The third kappa shape index (κ3) is 7.13. The quantitative estimate of drug-likeness (QED) is 0.627. The predicted octanol–water partition coefficient (Wildman–Crippen LogP) is 1.61. The van der Waals surface area contributed by atoms with Gasteiger partial charge in [-0.1, -0.05) is 18.6 Å². The molecule has 0 aromatic heterocycles. The first-order chi connectivity index (χ1) is 13.8. The lowest BCUT2D eigenvalue weighted by Crippen LogP contribution is -2.35. The molecule has 0 unspecified atom stereocenters. The summed E-state index contributed by atoms with van der Waals surface area (Å²) >= 11 is 0. The fourth-order valence-corrected chi connectivity index (χ4v) is 4.38. The molecule has 160 valence electrons. The van der Waals surface area contributed by atoms with E-state index < -0.39 is 34.6 Å². The smallest absolute Gasteiger partial charge is 0.413 e. The van der Waals surface area contributed by atoms with E-state index in [4.69, 9.17) is 4.74 Å². The van der Waals surface area contributed by atoms with E-state index in [2.05, 4.69) is 4.74 Å². The molecule has 1 saturated heterocycles. The number of rotatable bonds is 8. The van der Waals surface area contributed by atoms with Crippen molar-refractivity contribution in [3.8, 4) is 0 Å². The summed E-state index contributed by atoms with van der Waals surface area (Å²) in [7, 11) is -3.48. The molecule has 0 spiro atoms. The first-order valence-corrected chi connectivity index (χ1v) is 11.0. The van der Waals surface area contributed by atoms with E-state index >= 15 is 0 Å². The zero-order valence-corrected chi connectivity index (χ0v) is 17.2. The average molecular weight is 426 g/mol. The number of amides is 2. The first-order valence-electron chi connectivity index (χ1n) is 9.54. The Morgan fingerprint density at radius 3 is 2.31 bits per heavy atom. The number of ether oxygens (including phenoxy) is 2. The summed E-state index contributed by atoms with van der Waals surface area (Å²) in [6.07, 6.45) is 2.25. The first kappa shape index (κ1) is 22.8. The molecule has 9 nitrogen and oxygen atoms in total. The van der Waals surface area contributed by atoms with Crippen molar-refractivity contribution in [2.75, 3.05) is 26.3 Å². The lowest BCUT2D eigenvalue weighted by atomic mass is 10.1. The van der Waals surface area contributed by atoms with Crippen LogP contribution in [0, 0.1) is 0 Å². The van der Waals surface area contributed by atoms with Crippen LogP contribution in [0.15, 0.2) is 29.2 Å². The summed E-state index contributed by atoms with van der Waals surface area (Å²) in [5.41, 5.74) is 0.774. The monoisotopic (exact) mass is 426 g/mol. The third-order valence-corrected chi connectivity index (χ3v) is 6.29. The van der Waals surface area contributed by atoms with Gasteiger partial charge in [0.05, 0.1) is 11.5 Å². The van der Waals surface area contributed by atoms with Crippen molar-refractivity contribution in [3.63, 3.8) is 0 Å². The standard InChI is InChI=1S/C19H26N2O7S/c1-2-27-19(24)20-17(22)14-28-18(23)11-8-15-6-9-16(10-7-15)29(25,26)21-12-4-3-5-13-21/h6-7,9-10H,2-5,8,11-14H2,1H3,(H,20,22,24). The number of aryl methyl sites for hydroxylation is 1. The second-order valence-electron chi connectivity index (χ2n) is 6.54. The normalized spacial score (nSPS) is 14.8. The zero-order chi connectivity index (χ0) is 21.3. The number of esters is 1. The van der Waals surface area contributed by atoms with Crippen molar-refractivity contribution in [1.82, 2.24) is 9.62 Å². The number of imide groups is 1. The molecule has 10 heteroatoms. The number of nitrogens with zero attached hydrogens (tertiary/aromatic N) is 1. The second kappa shape index (κ2) is 10.9. The number of benzene rings is 1. The molecule has 1 aromatic rings. The summed E-state index contributed by atoms with van der Waals surface area (Å²) in [6.45, 7) is 2.22. The van der Waals surface area contributed by atoms with Crippen molar-refractivity contribution in [2.24, 2.45) is 0 Å². The highest BCUT2D eigenvalue weighted by atomic mass is 32.2. The van der Waals surface area contributed by atoms with Crippen LogP contribution in [0.5, 0.6) is 0 Å². The van der Waals surface area contributed by atoms with Crippen LogP contribution in [0.25, 0.3) is 0 Å². The zero-order valence-electron chi connectivity index (χ0n) is 16.4. The number of piperidine rings is 1. The molecule has 29 heavy (non-hydrogen) atoms. The van der Waals surface area contributed by atoms with E-state index in [-0.39, 0.29) is 17.9 Å². The van der Waals surface area contributed by atoms with Gasteiger partial charge in [0.1, 0.15) is 0 Å². The fourth-order valence-electron chi connectivity index (χ4n) is 2.86. The SMILES string of the molecule is CCOC(=O)NC(=O)COC(=O)CCc1ccc(S(=O)(=O)N2CCCCC2)cc1. The van der Waals surface area contributed by atoms with Gasteiger partial charge in [0, 0.05) is 19.5 Å². The van der Waals surface area contributed by atoms with Gasteiger partial charge < -0.3 is 9.47 Å². The fraction of sp³-hybridized carbons (Fsp3) is 0.526. The van der Waals surface area contributed by atoms with Crippen LogP contribution >= 0.6 is 0 Å². The minimum atomic E-state index is -3.48. The summed E-state index contributed by atoms with van der Waals surface area (Å²) < 4.78 is 36.1. The van der Waals surface area contributed by atoms with Crippen LogP contribution in [0.3, 0.4) is 0 Å². The molecule has 0 bridgehead atoms. The number of alkyl carbamates (subject to hydrolysis) is 1. The van der Waals surface area contributed by atoms with Gasteiger partial charge in [0.2, 0.25) is 10.0 Å². The molecule has 1 aliphatic rings. The maximum absolute atomic E-state index is 12.6. The minimum absolute atomic E-state index is 0.0188. The third-order valence-electron chi connectivity index (χ3n) is 4.38. The summed E-state index contributed by atoms with van der Waals surface area (Å²) in [5.74, 6) is -1.38. The molecule has 0 saturated carbocycles. The number of carbonyl (C=O) groups excluding carboxylic acids is 3. The van der Waals surface area contributed by atoms with Gasteiger partial charge in [0.15, 0.2) is 6.61 Å². The van der Waals surface area contributed by atoms with Gasteiger partial charge in [0.25, 0.3) is 5.91 Å². The number of nitrogens with one attached hydrogen (secondary N) is 1. The van der Waals surface area contributed by atoms with E-state index in [9.17, 15) is 22.8 Å². The highest BCUT2D eigenvalue weighted by Crippen LogP contribution is 2.21. The Balaban J connectivity index is 1.78. The Bertz CT molecular complexity index is 815. The van der Waals surface area contributed by atoms with E-state index in [0.29, 0.717) is 19.5 Å². The van der Waals surface area contributed by atoms with E-state index in [1.54, 1.807) is 19.1 Å². The van der Waals surface area contributed by atoms with Crippen LogP contribution in [0.4, 0.5) is 4.79 Å². The molecule has 1 fully saturated rings. The Morgan fingerprint density at radius 2 is 1.69 bits per heavy atom. The van der Waals surface area contributed by atoms with Crippen LogP contribution < -0.4 is 5.32 Å². The molecular formula is C19H26N2O7S. The lowest BCUT2D eigenvalue weighted by molar-refractivity contribution is -0.148. The topological polar surface area (TPSA) is 119 Å². The Labute approximate surface area is 170 Å². The average Bonchev–Trinajstić information content (AvgIpc) is 2.72. The van der Waals surface area contributed by atoms with E-state index in [1.165, 1.54) is 16.4 Å². The Hall–Kier alpha value is -2.46. The number of sulfonamides is 1. The summed E-state index contributed by atoms with van der Waals surface area (Å²) in [5, 5.41) is 1.92. The van der Waals surface area contributed by atoms with Crippen LogP contribution in [0.2, 0.25) is 0 Å². The van der Waals surface area contributed by atoms with Gasteiger partial charge in [-0.05, 0) is 43.9 Å². The predicted molar refractivity (Wildman–Crippen MR) is 103 cm³/mol. The second-order valence-corrected chi connectivity index (χ2v) is 8.48. The molecule has 1 N–H and O–H groups in total. The molecule has 2 amide bonds. The van der Waals surface area contributed by atoms with Crippen LogP contribution in [-0.2, 0) is 35.5 Å². The summed E-state index contributed by atoms with van der Waals surface area (Å²) in [4.78, 5) is 34.5. The molecule has 1 heterocycles. The van der Waals surface area contributed by atoms with Gasteiger partial charge in [-0.2, -0.15) is 4.31 Å². The largest absolute Gasteiger partial charge is 0.456 e. The number of hydrogen-bond acceptors (Lipinski definition) is 7. The highest BCUT2D eigenvalue weighted by molar-refractivity contribution is 7.89. The maximum Gasteiger partial charge on any atom is 0.413 e. The van der Waals surface area contributed by atoms with Gasteiger partial charge in [-0.25, -0.2) is 13.2 Å². The van der Waals surface area contributed by atoms with Crippen molar-refractivity contribution in [1.29, 1.82) is 0 Å². The number of carbonyl (C=O) groups is 3. The summed E-state index contributed by atoms with van der Waals surface area (Å²) in [6, 6.07) is 6.41. The lowest BCUT2D eigenvalue weighted by Gasteiger charge is -2.25. The van der Waals surface area contributed by atoms with Crippen molar-refractivity contribution in [3.05, 3.63) is 29.8 Å².